The molecule has 1 nitrogen and oxygen atoms in total. The van der Waals surface area contributed by atoms with Crippen molar-refractivity contribution >= 4 is 42.9 Å². The van der Waals surface area contributed by atoms with Gasteiger partial charge in [-0.05, 0) is 90.7 Å². The Bertz CT molecular complexity index is 1250. The highest BCUT2D eigenvalue weighted by Crippen LogP contribution is 2.67. The fourth-order valence-electron chi connectivity index (χ4n) is 7.11. The molecule has 2 unspecified atom stereocenters. The molecule has 3 saturated carbocycles. The first-order valence-corrected chi connectivity index (χ1v) is 12.3. The van der Waals surface area contributed by atoms with E-state index in [1.165, 1.54) is 57.2 Å². The number of anilines is 2. The molecule has 0 saturated heterocycles. The molecule has 1 aromatic heterocycles. The zero-order valence-electron chi connectivity index (χ0n) is 17.4. The smallest absolute Gasteiger partial charge is 0.0398 e. The highest BCUT2D eigenvalue weighted by Gasteiger charge is 2.59. The summed E-state index contributed by atoms with van der Waals surface area (Å²) in [6.45, 7) is 2.52. The van der Waals surface area contributed by atoms with E-state index in [-0.39, 0.29) is 0 Å². The van der Waals surface area contributed by atoms with Crippen LogP contribution in [0.5, 0.6) is 0 Å². The summed E-state index contributed by atoms with van der Waals surface area (Å²) in [7, 11) is 0. The molecule has 0 aliphatic heterocycles. The van der Waals surface area contributed by atoms with Crippen molar-refractivity contribution in [2.45, 2.75) is 38.0 Å². The van der Waals surface area contributed by atoms with E-state index in [0.29, 0.717) is 5.41 Å². The van der Waals surface area contributed by atoms with Crippen LogP contribution in [-0.2, 0) is 5.41 Å². The number of rotatable bonds is 3. The molecule has 3 aliphatic carbocycles. The Morgan fingerprint density at radius 1 is 0.767 bits per heavy atom. The molecule has 2 heteroatoms. The van der Waals surface area contributed by atoms with Gasteiger partial charge in [0.2, 0.25) is 0 Å². The van der Waals surface area contributed by atoms with E-state index in [1.54, 1.807) is 5.56 Å². The van der Waals surface area contributed by atoms with Gasteiger partial charge in [-0.2, -0.15) is 0 Å². The predicted molar refractivity (Wildman–Crippen MR) is 129 cm³/mol. The molecule has 0 bridgehead atoms. The van der Waals surface area contributed by atoms with Crippen LogP contribution >= 0.6 is 11.3 Å². The van der Waals surface area contributed by atoms with Crippen LogP contribution in [0.25, 0.3) is 20.2 Å². The Kier molecular flexibility index (Phi) is 3.54. The summed E-state index contributed by atoms with van der Waals surface area (Å²) in [5.41, 5.74) is 4.28. The summed E-state index contributed by atoms with van der Waals surface area (Å²) in [5.74, 6) is 4.23. The number of thiophene rings is 1. The predicted octanol–water partition coefficient (Wildman–Crippen LogP) is 8.12. The Morgan fingerprint density at radius 2 is 1.47 bits per heavy atom. The molecule has 4 aromatic rings. The minimum atomic E-state index is 0.381. The first kappa shape index (κ1) is 17.4. The maximum Gasteiger partial charge on any atom is 0.0398 e. The maximum absolute atomic E-state index is 3.63. The van der Waals surface area contributed by atoms with Gasteiger partial charge in [-0.3, -0.25) is 0 Å². The van der Waals surface area contributed by atoms with Crippen molar-refractivity contribution in [3.05, 3.63) is 72.3 Å². The van der Waals surface area contributed by atoms with E-state index >= 15 is 0 Å². The Hall–Kier alpha value is -2.32. The molecule has 0 radical (unpaired) electrons. The molecule has 0 spiro atoms. The summed E-state index contributed by atoms with van der Waals surface area (Å²) in [5, 5.41) is 6.35. The van der Waals surface area contributed by atoms with E-state index in [1.807, 2.05) is 11.3 Å². The van der Waals surface area contributed by atoms with Crippen molar-refractivity contribution in [2.24, 2.45) is 23.7 Å². The van der Waals surface area contributed by atoms with Crippen LogP contribution in [0.15, 0.2) is 66.7 Å². The molecule has 0 amide bonds. The zero-order valence-corrected chi connectivity index (χ0v) is 18.2. The van der Waals surface area contributed by atoms with Crippen molar-refractivity contribution in [1.29, 1.82) is 0 Å². The van der Waals surface area contributed by atoms with Crippen molar-refractivity contribution in [2.75, 3.05) is 5.32 Å². The van der Waals surface area contributed by atoms with Gasteiger partial charge in [0.25, 0.3) is 0 Å². The van der Waals surface area contributed by atoms with Crippen LogP contribution in [0.1, 0.15) is 38.2 Å². The summed E-state index contributed by atoms with van der Waals surface area (Å²) >= 11 is 1.88. The lowest BCUT2D eigenvalue weighted by molar-refractivity contribution is -0.141. The van der Waals surface area contributed by atoms with Gasteiger partial charge in [0.1, 0.15) is 0 Å². The van der Waals surface area contributed by atoms with Gasteiger partial charge in [-0.15, -0.1) is 11.3 Å². The first-order chi connectivity index (χ1) is 14.7. The molecule has 3 aromatic carbocycles. The van der Waals surface area contributed by atoms with E-state index in [2.05, 4.69) is 79.0 Å². The number of benzene rings is 3. The monoisotopic (exact) mass is 409 g/mol. The summed E-state index contributed by atoms with van der Waals surface area (Å²) < 4.78 is 2.71. The van der Waals surface area contributed by atoms with Gasteiger partial charge in [0.15, 0.2) is 0 Å². The molecule has 30 heavy (non-hydrogen) atoms. The van der Waals surface area contributed by atoms with Gasteiger partial charge in [0.05, 0.1) is 0 Å². The first-order valence-electron chi connectivity index (χ1n) is 11.5. The van der Waals surface area contributed by atoms with E-state index < -0.39 is 0 Å². The highest BCUT2D eigenvalue weighted by atomic mass is 32.1. The normalized spacial score (nSPS) is 31.8. The van der Waals surface area contributed by atoms with Gasteiger partial charge < -0.3 is 5.32 Å². The fourth-order valence-corrected chi connectivity index (χ4v) is 8.25. The third-order valence-corrected chi connectivity index (χ3v) is 9.65. The van der Waals surface area contributed by atoms with Crippen LogP contribution in [-0.4, -0.2) is 0 Å². The largest absolute Gasteiger partial charge is 0.355 e. The van der Waals surface area contributed by atoms with Crippen molar-refractivity contribution in [1.82, 2.24) is 0 Å². The zero-order chi connectivity index (χ0) is 19.9. The quantitative estimate of drug-likeness (QED) is 0.360. The Labute approximate surface area is 182 Å². The fraction of sp³-hybridized carbons (Fsp3) is 0.357. The maximum atomic E-state index is 3.63. The SMILES string of the molecule is CC1(c2ccc(Nc3ccc4c(c3)sc3ccccc34)cc2)CC2CC3CC(C1)C32. The minimum Gasteiger partial charge on any atom is -0.355 e. The molecule has 7 rings (SSSR count). The lowest BCUT2D eigenvalue weighted by atomic mass is 9.39. The van der Waals surface area contributed by atoms with Gasteiger partial charge >= 0.3 is 0 Å². The molecule has 1 N–H and O–H groups in total. The molecule has 1 heterocycles. The Morgan fingerprint density at radius 3 is 2.23 bits per heavy atom. The number of nitrogens with one attached hydrogen (secondary N) is 1. The van der Waals surface area contributed by atoms with E-state index in [4.69, 9.17) is 0 Å². The summed E-state index contributed by atoms with van der Waals surface area (Å²) in [6.07, 6.45) is 5.83. The highest BCUT2D eigenvalue weighted by molar-refractivity contribution is 7.25. The summed E-state index contributed by atoms with van der Waals surface area (Å²) in [4.78, 5) is 0. The second-order valence-electron chi connectivity index (χ2n) is 10.3. The van der Waals surface area contributed by atoms with E-state index in [0.717, 1.165) is 23.7 Å². The minimum absolute atomic E-state index is 0.381. The molecule has 3 aliphatic rings. The van der Waals surface area contributed by atoms with Gasteiger partial charge in [-0.25, -0.2) is 0 Å². The average Bonchev–Trinajstić information content (AvgIpc) is 3.09. The second-order valence-corrected chi connectivity index (χ2v) is 11.4. The lowest BCUT2D eigenvalue weighted by Crippen LogP contribution is -2.58. The van der Waals surface area contributed by atoms with Crippen molar-refractivity contribution < 1.29 is 0 Å². The average molecular weight is 410 g/mol. The summed E-state index contributed by atoms with van der Waals surface area (Å²) in [6, 6.07) is 24.8. The second kappa shape index (κ2) is 6.11. The molecule has 3 fully saturated rings. The van der Waals surface area contributed by atoms with E-state index in [9.17, 15) is 0 Å². The number of hydrogen-bond donors (Lipinski definition) is 1. The van der Waals surface area contributed by atoms with Crippen LogP contribution in [0.4, 0.5) is 11.4 Å². The number of fused-ring (bicyclic) bond motifs is 3. The molecule has 150 valence electrons. The third kappa shape index (κ3) is 2.46. The number of hydrogen-bond acceptors (Lipinski definition) is 2. The standard InChI is InChI=1S/C28H27NS/c1-28(15-18-12-17-13-19(16-28)27(17)18)20-6-8-21(9-7-20)29-22-10-11-24-23-4-2-3-5-25(23)30-26(24)14-22/h2-11,14,17-19,27,29H,12-13,15-16H2,1H3. The topological polar surface area (TPSA) is 12.0 Å². The van der Waals surface area contributed by atoms with Crippen molar-refractivity contribution in [3.63, 3.8) is 0 Å². The van der Waals surface area contributed by atoms with Crippen molar-refractivity contribution in [3.8, 4) is 0 Å². The lowest BCUT2D eigenvalue weighted by Gasteiger charge is -2.65. The van der Waals surface area contributed by atoms with Crippen LogP contribution < -0.4 is 5.32 Å². The van der Waals surface area contributed by atoms with Crippen LogP contribution in [0.2, 0.25) is 0 Å². The molecular formula is C28H27NS. The Balaban J connectivity index is 1.14. The molecule has 2 atom stereocenters. The van der Waals surface area contributed by atoms with Crippen LogP contribution in [0.3, 0.4) is 0 Å². The third-order valence-electron chi connectivity index (χ3n) is 8.52. The van der Waals surface area contributed by atoms with Crippen LogP contribution in [0, 0.1) is 23.7 Å². The van der Waals surface area contributed by atoms with Gasteiger partial charge in [0, 0.05) is 31.5 Å². The molecular weight excluding hydrogens is 382 g/mol. The van der Waals surface area contributed by atoms with Gasteiger partial charge in [-0.1, -0.05) is 43.3 Å².